The van der Waals surface area contributed by atoms with Crippen LogP contribution in [0.25, 0.3) is 0 Å². The number of carbonyl (C=O) groups excluding carboxylic acids is 1. The van der Waals surface area contributed by atoms with Crippen molar-refractivity contribution < 1.29 is 14.3 Å². The molecule has 4 atom stereocenters. The number of esters is 1. The lowest BCUT2D eigenvalue weighted by atomic mass is 9.92. The molecular formula is C14H28N2O3. The molecule has 112 valence electrons. The molecule has 5 heteroatoms. The summed E-state index contributed by atoms with van der Waals surface area (Å²) in [5.41, 5.74) is -0.643. The van der Waals surface area contributed by atoms with Crippen LogP contribution in [0.3, 0.4) is 0 Å². The monoisotopic (exact) mass is 272 g/mol. The van der Waals surface area contributed by atoms with Crippen LogP contribution in [0.2, 0.25) is 0 Å². The van der Waals surface area contributed by atoms with E-state index in [1.165, 1.54) is 7.11 Å². The second kappa shape index (κ2) is 6.68. The van der Waals surface area contributed by atoms with E-state index in [2.05, 4.69) is 31.0 Å². The maximum absolute atomic E-state index is 11.9. The molecule has 0 amide bonds. The van der Waals surface area contributed by atoms with Crippen molar-refractivity contribution in [1.82, 2.24) is 10.2 Å². The average molecular weight is 272 g/mol. The van der Waals surface area contributed by atoms with E-state index in [-0.39, 0.29) is 18.1 Å². The molecule has 1 rings (SSSR count). The molecule has 1 aliphatic heterocycles. The van der Waals surface area contributed by atoms with Gasteiger partial charge in [0.25, 0.3) is 0 Å². The molecule has 1 heterocycles. The van der Waals surface area contributed by atoms with Crippen molar-refractivity contribution in [2.75, 3.05) is 27.3 Å². The number of nitrogens with one attached hydrogen (secondary N) is 1. The van der Waals surface area contributed by atoms with Gasteiger partial charge in [-0.1, -0.05) is 0 Å². The number of hydrogen-bond acceptors (Lipinski definition) is 5. The summed E-state index contributed by atoms with van der Waals surface area (Å²) in [6, 6.07) is 0.669. The smallest absolute Gasteiger partial charge is 0.325 e. The fourth-order valence-corrected chi connectivity index (χ4v) is 2.76. The van der Waals surface area contributed by atoms with Crippen LogP contribution < -0.4 is 5.32 Å². The van der Waals surface area contributed by atoms with Crippen LogP contribution in [-0.2, 0) is 14.3 Å². The van der Waals surface area contributed by atoms with Gasteiger partial charge in [-0.3, -0.25) is 9.69 Å². The molecule has 0 aliphatic carbocycles. The fraction of sp³-hybridized carbons (Fsp3) is 0.929. The highest BCUT2D eigenvalue weighted by Gasteiger charge is 2.37. The summed E-state index contributed by atoms with van der Waals surface area (Å²) in [5.74, 6) is -0.212. The van der Waals surface area contributed by atoms with Crippen LogP contribution in [0.15, 0.2) is 0 Å². The van der Waals surface area contributed by atoms with Crippen LogP contribution in [0.1, 0.15) is 34.1 Å². The summed E-state index contributed by atoms with van der Waals surface area (Å²) in [4.78, 5) is 14.3. The third-order valence-electron chi connectivity index (χ3n) is 4.11. The Bertz CT molecular complexity index is 311. The van der Waals surface area contributed by atoms with Gasteiger partial charge in [0, 0.05) is 18.6 Å². The number of carbonyl (C=O) groups is 1. The van der Waals surface area contributed by atoms with E-state index >= 15 is 0 Å². The molecule has 0 bridgehead atoms. The highest BCUT2D eigenvalue weighted by molar-refractivity contribution is 5.80. The highest BCUT2D eigenvalue weighted by Crippen LogP contribution is 2.22. The molecule has 1 N–H and O–H groups in total. The molecule has 5 nitrogen and oxygen atoms in total. The Morgan fingerprint density at radius 1 is 1.58 bits per heavy atom. The summed E-state index contributed by atoms with van der Waals surface area (Å²) >= 11 is 0. The van der Waals surface area contributed by atoms with Crippen molar-refractivity contribution in [2.24, 2.45) is 0 Å². The van der Waals surface area contributed by atoms with E-state index < -0.39 is 5.54 Å². The maximum Gasteiger partial charge on any atom is 0.325 e. The molecule has 4 unspecified atom stereocenters. The number of nitrogens with zero attached hydrogens (tertiary/aromatic N) is 1. The van der Waals surface area contributed by atoms with Crippen molar-refractivity contribution in [3.8, 4) is 0 Å². The lowest BCUT2D eigenvalue weighted by Gasteiger charge is -2.43. The highest BCUT2D eigenvalue weighted by atomic mass is 16.5. The van der Waals surface area contributed by atoms with Crippen LogP contribution in [0.4, 0.5) is 0 Å². The van der Waals surface area contributed by atoms with Crippen molar-refractivity contribution in [2.45, 2.75) is 57.8 Å². The normalized spacial score (nSPS) is 29.6. The Balaban J connectivity index is 2.71. The van der Waals surface area contributed by atoms with Crippen LogP contribution in [0.5, 0.6) is 0 Å². The first-order chi connectivity index (χ1) is 8.84. The topological polar surface area (TPSA) is 50.8 Å². The number of hydrogen-bond donors (Lipinski definition) is 1. The molecular weight excluding hydrogens is 244 g/mol. The number of ether oxygens (including phenoxy) is 2. The van der Waals surface area contributed by atoms with Crippen molar-refractivity contribution in [3.63, 3.8) is 0 Å². The quantitative estimate of drug-likeness (QED) is 0.758. The van der Waals surface area contributed by atoms with Gasteiger partial charge in [-0.05, 0) is 41.2 Å². The van der Waals surface area contributed by atoms with E-state index in [9.17, 15) is 4.79 Å². The summed E-state index contributed by atoms with van der Waals surface area (Å²) in [7, 11) is 3.23. The minimum Gasteiger partial charge on any atom is -0.468 e. The minimum absolute atomic E-state index is 0.212. The predicted octanol–water partition coefficient (Wildman–Crippen LogP) is 1.03. The van der Waals surface area contributed by atoms with Crippen molar-refractivity contribution in [1.29, 1.82) is 0 Å². The lowest BCUT2D eigenvalue weighted by Crippen LogP contribution is -2.57. The van der Waals surface area contributed by atoms with E-state index in [4.69, 9.17) is 9.47 Å². The Kier molecular flexibility index (Phi) is 5.77. The van der Waals surface area contributed by atoms with Gasteiger partial charge in [0.05, 0.1) is 19.8 Å². The van der Waals surface area contributed by atoms with Gasteiger partial charge in [0.2, 0.25) is 0 Å². The van der Waals surface area contributed by atoms with Crippen molar-refractivity contribution in [3.05, 3.63) is 0 Å². The van der Waals surface area contributed by atoms with Gasteiger partial charge in [0.15, 0.2) is 0 Å². The summed E-state index contributed by atoms with van der Waals surface area (Å²) < 4.78 is 10.5. The summed E-state index contributed by atoms with van der Waals surface area (Å²) in [6.07, 6.45) is 0.963. The van der Waals surface area contributed by atoms with E-state index in [0.29, 0.717) is 12.5 Å². The van der Waals surface area contributed by atoms with Gasteiger partial charge in [-0.25, -0.2) is 0 Å². The molecule has 0 spiro atoms. The molecule has 0 saturated carbocycles. The maximum atomic E-state index is 11.9. The summed E-state index contributed by atoms with van der Waals surface area (Å²) in [5, 5.41) is 3.09. The first kappa shape index (κ1) is 16.4. The Morgan fingerprint density at radius 3 is 2.74 bits per heavy atom. The molecule has 1 saturated heterocycles. The van der Waals surface area contributed by atoms with Crippen LogP contribution in [-0.4, -0.2) is 61.9 Å². The first-order valence-electron chi connectivity index (χ1n) is 6.98. The Hall–Kier alpha value is -0.650. The Labute approximate surface area is 116 Å². The second-order valence-electron chi connectivity index (χ2n) is 5.82. The zero-order valence-electron chi connectivity index (χ0n) is 13.0. The minimum atomic E-state index is -0.643. The zero-order chi connectivity index (χ0) is 14.6. The number of morpholine rings is 1. The molecule has 19 heavy (non-hydrogen) atoms. The Morgan fingerprint density at radius 2 is 2.21 bits per heavy atom. The average Bonchev–Trinajstić information content (AvgIpc) is 2.40. The van der Waals surface area contributed by atoms with Gasteiger partial charge in [-0.2, -0.15) is 0 Å². The molecule has 0 aromatic carbocycles. The second-order valence-corrected chi connectivity index (χ2v) is 5.82. The fourth-order valence-electron chi connectivity index (χ4n) is 2.76. The third kappa shape index (κ3) is 3.91. The summed E-state index contributed by atoms with van der Waals surface area (Å²) in [6.45, 7) is 9.96. The van der Waals surface area contributed by atoms with Crippen molar-refractivity contribution >= 4 is 5.97 Å². The third-order valence-corrected chi connectivity index (χ3v) is 4.11. The standard InChI is InChI=1S/C14H28N2O3/c1-10(7-14(4,15-5)13(17)18-6)16-8-12(3)19-9-11(16)2/h10-12,15H,7-9H2,1-6H3. The molecule has 1 aliphatic rings. The van der Waals surface area contributed by atoms with E-state index in [0.717, 1.165) is 13.2 Å². The first-order valence-corrected chi connectivity index (χ1v) is 6.98. The van der Waals surface area contributed by atoms with Gasteiger partial charge < -0.3 is 14.8 Å². The lowest BCUT2D eigenvalue weighted by molar-refractivity contribution is -0.149. The van der Waals surface area contributed by atoms with E-state index in [1.807, 2.05) is 6.92 Å². The van der Waals surface area contributed by atoms with Crippen LogP contribution in [0, 0.1) is 0 Å². The molecule has 0 aromatic heterocycles. The SMILES string of the molecule is CNC(C)(CC(C)N1CC(C)OCC1C)C(=O)OC. The van der Waals surface area contributed by atoms with Crippen LogP contribution >= 0.6 is 0 Å². The molecule has 0 radical (unpaired) electrons. The predicted molar refractivity (Wildman–Crippen MR) is 75.1 cm³/mol. The van der Waals surface area contributed by atoms with Gasteiger partial charge >= 0.3 is 5.97 Å². The number of likely N-dealkylation sites (N-methyl/N-ethyl adjacent to an activating group) is 1. The largest absolute Gasteiger partial charge is 0.468 e. The van der Waals surface area contributed by atoms with Gasteiger partial charge in [0.1, 0.15) is 5.54 Å². The van der Waals surface area contributed by atoms with E-state index in [1.54, 1.807) is 7.05 Å². The molecule has 0 aromatic rings. The molecule has 1 fully saturated rings. The number of rotatable bonds is 5. The van der Waals surface area contributed by atoms with Gasteiger partial charge in [-0.15, -0.1) is 0 Å². The zero-order valence-corrected chi connectivity index (χ0v) is 13.0. The number of methoxy groups -OCH3 is 1.